The zero-order chi connectivity index (χ0) is 21.2. The third-order valence-corrected chi connectivity index (χ3v) is 4.26. The van der Waals surface area contributed by atoms with Crippen LogP contribution in [-0.4, -0.2) is 23.3 Å². The number of aromatic nitrogens is 1. The lowest BCUT2D eigenvalue weighted by Gasteiger charge is -2.08. The Morgan fingerprint density at radius 3 is 2.24 bits per heavy atom. The highest BCUT2D eigenvalue weighted by Crippen LogP contribution is 2.12. The van der Waals surface area contributed by atoms with Gasteiger partial charge >= 0.3 is 0 Å². The number of nitrogens with zero attached hydrogens (tertiary/aromatic N) is 1. The Bertz CT molecular complexity index is 908. The molecule has 0 spiro atoms. The Hall–Kier alpha value is -3.21. The van der Waals surface area contributed by atoms with Crippen LogP contribution in [0.25, 0.3) is 0 Å². The Kier molecular flexibility index (Phi) is 8.34. The first-order valence-electron chi connectivity index (χ1n) is 9.68. The van der Waals surface area contributed by atoms with Gasteiger partial charge in [0.2, 0.25) is 5.91 Å². The minimum atomic E-state index is -0.130. The summed E-state index contributed by atoms with van der Waals surface area (Å²) in [5.41, 5.74) is 6.01. The first-order valence-corrected chi connectivity index (χ1v) is 9.68. The standard InChI is InChI=1S/C24H29N3O2/c1-17(2)5-6-18(3)13-27-24(29)23-12-22(14-25-16-23)11-20-7-9-21(10-8-20)15-26-19(4)28/h5-10,12,14,16H,11,13,15H2,1-4H3,(H,26,28)(H,27,29)/b18-6+. The molecule has 0 atom stereocenters. The van der Waals surface area contributed by atoms with Gasteiger partial charge in [0, 0.05) is 32.4 Å². The van der Waals surface area contributed by atoms with Gasteiger partial charge in [-0.25, -0.2) is 0 Å². The number of amides is 2. The predicted octanol–water partition coefficient (Wildman–Crippen LogP) is 3.95. The number of hydrogen-bond acceptors (Lipinski definition) is 3. The minimum Gasteiger partial charge on any atom is -0.352 e. The van der Waals surface area contributed by atoms with Crippen LogP contribution in [-0.2, 0) is 17.8 Å². The molecule has 0 bridgehead atoms. The van der Waals surface area contributed by atoms with E-state index in [-0.39, 0.29) is 11.8 Å². The SMILES string of the molecule is CC(=O)NCc1ccc(Cc2cncc(C(=O)NC/C(C)=C/C=C(C)C)c2)cc1. The Morgan fingerprint density at radius 1 is 0.897 bits per heavy atom. The molecule has 0 saturated carbocycles. The summed E-state index contributed by atoms with van der Waals surface area (Å²) in [6.07, 6.45) is 8.10. The molecule has 1 heterocycles. The summed E-state index contributed by atoms with van der Waals surface area (Å²) in [6.45, 7) is 8.60. The summed E-state index contributed by atoms with van der Waals surface area (Å²) in [5.74, 6) is -0.173. The summed E-state index contributed by atoms with van der Waals surface area (Å²) in [7, 11) is 0. The minimum absolute atomic E-state index is 0.0436. The first-order chi connectivity index (χ1) is 13.8. The van der Waals surface area contributed by atoms with Crippen molar-refractivity contribution >= 4 is 11.8 Å². The first kappa shape index (κ1) is 22.1. The molecule has 0 fully saturated rings. The topological polar surface area (TPSA) is 71.1 Å². The van der Waals surface area contributed by atoms with Crippen molar-refractivity contribution in [2.24, 2.45) is 0 Å². The number of hydrogen-bond donors (Lipinski definition) is 2. The van der Waals surface area contributed by atoms with Crippen molar-refractivity contribution in [2.75, 3.05) is 6.54 Å². The van der Waals surface area contributed by atoms with E-state index >= 15 is 0 Å². The molecule has 1 aromatic heterocycles. The zero-order valence-electron chi connectivity index (χ0n) is 17.6. The van der Waals surface area contributed by atoms with Crippen molar-refractivity contribution in [1.82, 2.24) is 15.6 Å². The summed E-state index contributed by atoms with van der Waals surface area (Å²) < 4.78 is 0. The number of carbonyl (C=O) groups is 2. The number of pyridine rings is 1. The summed E-state index contributed by atoms with van der Waals surface area (Å²) >= 11 is 0. The van der Waals surface area contributed by atoms with Gasteiger partial charge in [0.25, 0.3) is 5.91 Å². The second-order valence-electron chi connectivity index (χ2n) is 7.42. The van der Waals surface area contributed by atoms with Crippen molar-refractivity contribution in [2.45, 2.75) is 40.7 Å². The van der Waals surface area contributed by atoms with Crippen LogP contribution in [0.5, 0.6) is 0 Å². The van der Waals surface area contributed by atoms with E-state index in [9.17, 15) is 9.59 Å². The molecule has 1 aromatic carbocycles. The fourth-order valence-corrected chi connectivity index (χ4v) is 2.64. The Morgan fingerprint density at radius 2 is 1.59 bits per heavy atom. The molecular weight excluding hydrogens is 362 g/mol. The molecule has 2 rings (SSSR count). The Labute approximate surface area is 172 Å². The highest BCUT2D eigenvalue weighted by atomic mass is 16.2. The zero-order valence-corrected chi connectivity index (χ0v) is 17.6. The molecular formula is C24H29N3O2. The number of carbonyl (C=O) groups excluding carboxylic acids is 2. The molecule has 29 heavy (non-hydrogen) atoms. The van der Waals surface area contributed by atoms with Crippen LogP contribution in [0.3, 0.4) is 0 Å². The van der Waals surface area contributed by atoms with Gasteiger partial charge in [-0.2, -0.15) is 0 Å². The normalized spacial score (nSPS) is 11.0. The fraction of sp³-hybridized carbons (Fsp3) is 0.292. The van der Waals surface area contributed by atoms with Gasteiger partial charge in [0.05, 0.1) is 5.56 Å². The van der Waals surface area contributed by atoms with E-state index in [1.165, 1.54) is 12.5 Å². The van der Waals surface area contributed by atoms with Crippen molar-refractivity contribution in [1.29, 1.82) is 0 Å². The molecule has 0 aliphatic heterocycles. The van der Waals surface area contributed by atoms with Crippen LogP contribution in [0.2, 0.25) is 0 Å². The second-order valence-corrected chi connectivity index (χ2v) is 7.42. The van der Waals surface area contributed by atoms with E-state index in [0.29, 0.717) is 25.1 Å². The van der Waals surface area contributed by atoms with Crippen LogP contribution in [0.1, 0.15) is 54.7 Å². The van der Waals surface area contributed by atoms with Crippen molar-refractivity contribution < 1.29 is 9.59 Å². The quantitative estimate of drug-likeness (QED) is 0.670. The van der Waals surface area contributed by atoms with Gasteiger partial charge in [-0.05, 0) is 49.9 Å². The maximum Gasteiger partial charge on any atom is 0.253 e. The van der Waals surface area contributed by atoms with Gasteiger partial charge in [0.1, 0.15) is 0 Å². The number of rotatable bonds is 8. The molecule has 5 heteroatoms. The van der Waals surface area contributed by atoms with E-state index in [2.05, 4.69) is 15.6 Å². The summed E-state index contributed by atoms with van der Waals surface area (Å²) in [5, 5.41) is 5.72. The third-order valence-electron chi connectivity index (χ3n) is 4.26. The fourth-order valence-electron chi connectivity index (χ4n) is 2.64. The lowest BCUT2D eigenvalue weighted by Crippen LogP contribution is -2.25. The average Bonchev–Trinajstić information content (AvgIpc) is 2.70. The van der Waals surface area contributed by atoms with Crippen LogP contribution in [0.15, 0.2) is 66.0 Å². The van der Waals surface area contributed by atoms with Gasteiger partial charge < -0.3 is 10.6 Å². The van der Waals surface area contributed by atoms with Crippen molar-refractivity contribution in [3.8, 4) is 0 Å². The van der Waals surface area contributed by atoms with Gasteiger partial charge in [-0.15, -0.1) is 0 Å². The van der Waals surface area contributed by atoms with E-state index < -0.39 is 0 Å². The average molecular weight is 392 g/mol. The van der Waals surface area contributed by atoms with E-state index in [4.69, 9.17) is 0 Å². The predicted molar refractivity (Wildman–Crippen MR) is 117 cm³/mol. The lowest BCUT2D eigenvalue weighted by atomic mass is 10.0. The molecule has 0 radical (unpaired) electrons. The molecule has 152 valence electrons. The molecule has 5 nitrogen and oxygen atoms in total. The summed E-state index contributed by atoms with van der Waals surface area (Å²) in [6, 6.07) is 9.93. The smallest absolute Gasteiger partial charge is 0.253 e. The maximum absolute atomic E-state index is 12.4. The van der Waals surface area contributed by atoms with E-state index in [1.54, 1.807) is 12.4 Å². The number of allylic oxidation sites excluding steroid dienone is 3. The second kappa shape index (κ2) is 11.0. The number of benzene rings is 1. The van der Waals surface area contributed by atoms with E-state index in [1.807, 2.05) is 63.3 Å². The molecule has 0 aliphatic carbocycles. The highest BCUT2D eigenvalue weighted by molar-refractivity contribution is 5.94. The van der Waals surface area contributed by atoms with E-state index in [0.717, 1.165) is 22.3 Å². The van der Waals surface area contributed by atoms with Crippen LogP contribution < -0.4 is 10.6 Å². The van der Waals surface area contributed by atoms with Crippen LogP contribution in [0, 0.1) is 0 Å². The van der Waals surface area contributed by atoms with Crippen LogP contribution in [0.4, 0.5) is 0 Å². The molecule has 2 aromatic rings. The highest BCUT2D eigenvalue weighted by Gasteiger charge is 2.07. The third kappa shape index (κ3) is 8.13. The Balaban J connectivity index is 1.96. The summed E-state index contributed by atoms with van der Waals surface area (Å²) in [4.78, 5) is 27.7. The van der Waals surface area contributed by atoms with Crippen molar-refractivity contribution in [3.05, 3.63) is 88.3 Å². The largest absolute Gasteiger partial charge is 0.352 e. The van der Waals surface area contributed by atoms with Crippen molar-refractivity contribution in [3.63, 3.8) is 0 Å². The van der Waals surface area contributed by atoms with Gasteiger partial charge in [0.15, 0.2) is 0 Å². The molecule has 0 saturated heterocycles. The van der Waals surface area contributed by atoms with Gasteiger partial charge in [-0.1, -0.05) is 47.6 Å². The van der Waals surface area contributed by atoms with Crippen LogP contribution >= 0.6 is 0 Å². The maximum atomic E-state index is 12.4. The lowest BCUT2D eigenvalue weighted by molar-refractivity contribution is -0.119. The molecule has 0 unspecified atom stereocenters. The molecule has 2 N–H and O–H groups in total. The molecule has 0 aliphatic rings. The monoisotopic (exact) mass is 391 g/mol. The number of nitrogens with one attached hydrogen (secondary N) is 2. The van der Waals surface area contributed by atoms with Gasteiger partial charge in [-0.3, -0.25) is 14.6 Å². The molecule has 2 amide bonds.